The Labute approximate surface area is 229 Å². The normalized spacial score (nSPS) is 12.5. The van der Waals surface area contributed by atoms with Crippen molar-refractivity contribution in [2.45, 2.75) is 37.6 Å². The van der Waals surface area contributed by atoms with E-state index in [2.05, 4.69) is 27.3 Å². The number of aromatic nitrogens is 4. The van der Waals surface area contributed by atoms with E-state index in [1.165, 1.54) is 12.3 Å². The summed E-state index contributed by atoms with van der Waals surface area (Å²) in [6.07, 6.45) is -6.27. The maximum atomic E-state index is 13.2. The molecule has 0 radical (unpaired) electrons. The summed E-state index contributed by atoms with van der Waals surface area (Å²) in [5, 5.41) is 9.20. The van der Waals surface area contributed by atoms with Gasteiger partial charge in [-0.2, -0.15) is 31.4 Å². The molecule has 0 unspecified atom stereocenters. The quantitative estimate of drug-likeness (QED) is 0.156. The molecule has 40 heavy (non-hydrogen) atoms. The van der Waals surface area contributed by atoms with E-state index in [9.17, 15) is 26.3 Å². The maximum Gasteiger partial charge on any atom is 0.402 e. The highest BCUT2D eigenvalue weighted by atomic mass is 32.2. The van der Waals surface area contributed by atoms with Crippen molar-refractivity contribution in [2.75, 3.05) is 11.1 Å². The van der Waals surface area contributed by atoms with E-state index < -0.39 is 24.8 Å². The highest BCUT2D eigenvalue weighted by Gasteiger charge is 2.56. The lowest BCUT2D eigenvalue weighted by molar-refractivity contribution is -0.287. The molecular weight excluding hydrogens is 552 g/mol. The van der Waals surface area contributed by atoms with Gasteiger partial charge in [-0.3, -0.25) is 9.67 Å². The number of benzene rings is 2. The Balaban J connectivity index is 1.51. The number of fused-ring (bicyclic) bond motifs is 2. The number of aryl methyl sites for hydroxylation is 1. The molecule has 5 nitrogen and oxygen atoms in total. The number of nitrogens with zero attached hydrogens (tertiary/aromatic N) is 4. The molecule has 0 atom stereocenters. The minimum atomic E-state index is -5.45. The molecule has 0 amide bonds. The van der Waals surface area contributed by atoms with Crippen LogP contribution in [0.1, 0.15) is 12.5 Å². The van der Waals surface area contributed by atoms with Crippen LogP contribution in [0.4, 0.5) is 37.8 Å². The second kappa shape index (κ2) is 10.6. The number of thioether (sulfide) groups is 1. The summed E-state index contributed by atoms with van der Waals surface area (Å²) in [5.41, 5.74) is 2.95. The van der Waals surface area contributed by atoms with Crippen molar-refractivity contribution < 1.29 is 26.3 Å². The minimum absolute atomic E-state index is 0.175. The summed E-state index contributed by atoms with van der Waals surface area (Å²) in [5.74, 6) is -1.96. The van der Waals surface area contributed by atoms with Crippen LogP contribution in [0.15, 0.2) is 72.0 Å². The number of hydrogen-bond acceptors (Lipinski definition) is 5. The van der Waals surface area contributed by atoms with Crippen LogP contribution in [-0.4, -0.2) is 37.9 Å². The Bertz CT molecular complexity index is 1650. The van der Waals surface area contributed by atoms with Crippen molar-refractivity contribution in [1.82, 2.24) is 19.7 Å². The van der Waals surface area contributed by atoms with Gasteiger partial charge in [-0.1, -0.05) is 13.0 Å². The standard InChI is InChI=1S/C28H23F6N5S/c1-3-40-19-6-4-18(5-7-19)38-25-12-21-17(13-36-25)10-11-35-26(21)20-8-9-23-22(16(20)2)14-37-39(23)15-24(27(29,30)31)28(32,33)34/h4-14,24H,3,15H2,1-2H3,(H,36,38). The molecule has 0 aliphatic carbocycles. The smallest absolute Gasteiger partial charge is 0.340 e. The van der Waals surface area contributed by atoms with E-state index >= 15 is 0 Å². The fourth-order valence-electron chi connectivity index (χ4n) is 4.56. The average molecular weight is 576 g/mol. The molecule has 12 heteroatoms. The molecule has 0 bridgehead atoms. The van der Waals surface area contributed by atoms with Crippen molar-refractivity contribution in [3.8, 4) is 11.3 Å². The van der Waals surface area contributed by atoms with Crippen molar-refractivity contribution in [2.24, 2.45) is 5.92 Å². The van der Waals surface area contributed by atoms with Crippen LogP contribution in [0.3, 0.4) is 0 Å². The van der Waals surface area contributed by atoms with E-state index in [1.54, 1.807) is 37.1 Å². The molecule has 0 fully saturated rings. The predicted octanol–water partition coefficient (Wildman–Crippen LogP) is 8.55. The second-order valence-electron chi connectivity index (χ2n) is 9.17. The zero-order valence-corrected chi connectivity index (χ0v) is 22.1. The van der Waals surface area contributed by atoms with Gasteiger partial charge < -0.3 is 5.32 Å². The highest BCUT2D eigenvalue weighted by Crippen LogP contribution is 2.41. The Morgan fingerprint density at radius 2 is 1.62 bits per heavy atom. The number of hydrogen-bond donors (Lipinski definition) is 1. The van der Waals surface area contributed by atoms with Crippen LogP contribution in [0.5, 0.6) is 0 Å². The predicted molar refractivity (Wildman–Crippen MR) is 145 cm³/mol. The van der Waals surface area contributed by atoms with Crippen molar-refractivity contribution in [3.63, 3.8) is 0 Å². The molecule has 0 aliphatic heterocycles. The molecule has 0 saturated heterocycles. The van der Waals surface area contributed by atoms with Gasteiger partial charge in [0.05, 0.1) is 24.0 Å². The number of halogens is 6. The number of anilines is 2. The van der Waals surface area contributed by atoms with E-state index in [-0.39, 0.29) is 5.52 Å². The lowest BCUT2D eigenvalue weighted by Crippen LogP contribution is -2.39. The van der Waals surface area contributed by atoms with Gasteiger partial charge in [-0.05, 0) is 60.7 Å². The summed E-state index contributed by atoms with van der Waals surface area (Å²) in [6.45, 7) is 2.47. The van der Waals surface area contributed by atoms with Crippen LogP contribution >= 0.6 is 11.8 Å². The van der Waals surface area contributed by atoms with Crippen LogP contribution in [0.2, 0.25) is 0 Å². The largest absolute Gasteiger partial charge is 0.402 e. The van der Waals surface area contributed by atoms with Gasteiger partial charge in [-0.25, -0.2) is 4.98 Å². The topological polar surface area (TPSA) is 55.6 Å². The molecule has 0 aliphatic rings. The lowest BCUT2D eigenvalue weighted by Gasteiger charge is -2.23. The SMILES string of the molecule is CCSc1ccc(Nc2cc3c(-c4ccc5c(cnn5CC(C(F)(F)F)C(F)(F)F)c4C)nccc3cn2)cc1. The molecule has 5 rings (SSSR count). The van der Waals surface area contributed by atoms with Gasteiger partial charge in [0.15, 0.2) is 5.92 Å². The number of alkyl halides is 6. The first-order chi connectivity index (χ1) is 19.0. The van der Waals surface area contributed by atoms with E-state index in [0.29, 0.717) is 28.0 Å². The summed E-state index contributed by atoms with van der Waals surface area (Å²) in [7, 11) is 0. The zero-order chi connectivity index (χ0) is 28.7. The van der Waals surface area contributed by atoms with Gasteiger partial charge >= 0.3 is 12.4 Å². The van der Waals surface area contributed by atoms with Crippen molar-refractivity contribution in [3.05, 3.63) is 72.7 Å². The molecular formula is C28H23F6N5S. The van der Waals surface area contributed by atoms with Crippen molar-refractivity contribution in [1.29, 1.82) is 0 Å². The van der Waals surface area contributed by atoms with Gasteiger partial charge in [0.2, 0.25) is 0 Å². The monoisotopic (exact) mass is 575 g/mol. The Morgan fingerprint density at radius 1 is 0.900 bits per heavy atom. The van der Waals surface area contributed by atoms with E-state index in [1.807, 2.05) is 36.4 Å². The molecule has 0 saturated carbocycles. The first-order valence-electron chi connectivity index (χ1n) is 12.3. The third-order valence-electron chi connectivity index (χ3n) is 6.58. The zero-order valence-electron chi connectivity index (χ0n) is 21.3. The first-order valence-corrected chi connectivity index (χ1v) is 13.3. The molecule has 5 aromatic rings. The van der Waals surface area contributed by atoms with Gasteiger partial charge in [0, 0.05) is 44.7 Å². The summed E-state index contributed by atoms with van der Waals surface area (Å²) in [6, 6.07) is 14.8. The molecule has 3 aromatic heterocycles. The number of rotatable bonds is 7. The molecule has 3 heterocycles. The fraction of sp³-hybridized carbons (Fsp3) is 0.250. The van der Waals surface area contributed by atoms with Crippen molar-refractivity contribution >= 4 is 44.9 Å². The van der Waals surface area contributed by atoms with Crippen LogP contribution in [-0.2, 0) is 6.54 Å². The number of nitrogens with one attached hydrogen (secondary N) is 1. The van der Waals surface area contributed by atoms with Gasteiger partial charge in [-0.15, -0.1) is 11.8 Å². The lowest BCUT2D eigenvalue weighted by atomic mass is 9.98. The van der Waals surface area contributed by atoms with Crippen LogP contribution in [0, 0.1) is 12.8 Å². The first kappa shape index (κ1) is 27.8. The molecule has 208 valence electrons. The third kappa shape index (κ3) is 5.58. The average Bonchev–Trinajstić information content (AvgIpc) is 3.31. The summed E-state index contributed by atoms with van der Waals surface area (Å²) < 4.78 is 79.7. The van der Waals surface area contributed by atoms with Crippen LogP contribution in [0.25, 0.3) is 32.9 Å². The minimum Gasteiger partial charge on any atom is -0.340 e. The Hall–Kier alpha value is -3.80. The third-order valence-corrected chi connectivity index (χ3v) is 7.48. The maximum absolute atomic E-state index is 13.2. The number of pyridine rings is 2. The molecule has 2 aromatic carbocycles. The summed E-state index contributed by atoms with van der Waals surface area (Å²) in [4.78, 5) is 10.2. The van der Waals surface area contributed by atoms with Gasteiger partial charge in [0.25, 0.3) is 0 Å². The second-order valence-corrected chi connectivity index (χ2v) is 10.5. The van der Waals surface area contributed by atoms with E-state index in [0.717, 1.165) is 31.8 Å². The molecule has 1 N–H and O–H groups in total. The fourth-order valence-corrected chi connectivity index (χ4v) is 5.22. The van der Waals surface area contributed by atoms with Crippen LogP contribution < -0.4 is 5.32 Å². The van der Waals surface area contributed by atoms with E-state index in [4.69, 9.17) is 0 Å². The Morgan fingerprint density at radius 3 is 2.30 bits per heavy atom. The van der Waals surface area contributed by atoms with Gasteiger partial charge in [0.1, 0.15) is 5.82 Å². The summed E-state index contributed by atoms with van der Waals surface area (Å²) >= 11 is 1.74. The Kier molecular flexibility index (Phi) is 7.38. The molecule has 0 spiro atoms. The highest BCUT2D eigenvalue weighted by molar-refractivity contribution is 7.99.